The Kier molecular flexibility index (Phi) is 4.31. The van der Waals surface area contributed by atoms with Gasteiger partial charge in [0.2, 0.25) is 0 Å². The lowest BCUT2D eigenvalue weighted by molar-refractivity contribution is 0.627. The third kappa shape index (κ3) is 3.12. The Balaban J connectivity index is 1.53. The first-order valence-corrected chi connectivity index (χ1v) is 9.84. The van der Waals surface area contributed by atoms with Crippen molar-refractivity contribution in [2.45, 2.75) is 26.8 Å². The van der Waals surface area contributed by atoms with Gasteiger partial charge in [-0.3, -0.25) is 9.78 Å². The molecule has 6 nitrogen and oxygen atoms in total. The maximum atomic E-state index is 13.5. The van der Waals surface area contributed by atoms with Crippen LogP contribution in [0.2, 0.25) is 0 Å². The number of halogens is 1. The lowest BCUT2D eigenvalue weighted by Gasteiger charge is -2.30. The lowest BCUT2D eigenvalue weighted by atomic mass is 9.97. The van der Waals surface area contributed by atoms with E-state index >= 15 is 0 Å². The fraction of sp³-hybridized carbons (Fsp3) is 0.217. The Bertz CT molecular complexity index is 1350. The number of rotatable bonds is 2. The molecule has 1 aromatic carbocycles. The average molecular weight is 401 g/mol. The molecule has 0 aliphatic carbocycles. The molecule has 0 fully saturated rings. The van der Waals surface area contributed by atoms with Crippen molar-refractivity contribution in [2.75, 3.05) is 11.4 Å². The quantitative estimate of drug-likeness (QED) is 0.515. The highest BCUT2D eigenvalue weighted by molar-refractivity contribution is 5.67. The van der Waals surface area contributed by atoms with Crippen molar-refractivity contribution < 1.29 is 4.39 Å². The number of fused-ring (bicyclic) bond motifs is 2. The summed E-state index contributed by atoms with van der Waals surface area (Å²) < 4.78 is 14.8. The van der Waals surface area contributed by atoms with Crippen molar-refractivity contribution in [2.24, 2.45) is 0 Å². The highest BCUT2D eigenvalue weighted by Gasteiger charge is 2.21. The smallest absolute Gasteiger partial charge is 0.274 e. The first kappa shape index (κ1) is 18.4. The average Bonchev–Trinajstić information content (AvgIpc) is 2.73. The predicted molar refractivity (Wildman–Crippen MR) is 113 cm³/mol. The van der Waals surface area contributed by atoms with Crippen LogP contribution in [0.5, 0.6) is 0 Å². The van der Waals surface area contributed by atoms with Crippen LogP contribution in [0, 0.1) is 19.7 Å². The molecule has 0 bridgehead atoms. The maximum absolute atomic E-state index is 13.5. The number of aromatic nitrogens is 4. The first-order valence-electron chi connectivity index (χ1n) is 9.84. The Hall–Kier alpha value is -3.61. The molecule has 7 heteroatoms. The Labute approximate surface area is 172 Å². The van der Waals surface area contributed by atoms with Gasteiger partial charge >= 0.3 is 0 Å². The van der Waals surface area contributed by atoms with Crippen molar-refractivity contribution in [1.82, 2.24) is 19.6 Å². The monoisotopic (exact) mass is 401 g/mol. The van der Waals surface area contributed by atoms with Gasteiger partial charge in [0, 0.05) is 49.2 Å². The molecule has 1 aliphatic heterocycles. The number of aryl methyl sites for hydroxylation is 2. The van der Waals surface area contributed by atoms with E-state index in [1.54, 1.807) is 6.07 Å². The summed E-state index contributed by atoms with van der Waals surface area (Å²) in [5.41, 5.74) is 6.30. The number of anilines is 1. The summed E-state index contributed by atoms with van der Waals surface area (Å²) in [6.07, 6.45) is 4.15. The van der Waals surface area contributed by atoms with Crippen molar-refractivity contribution >= 4 is 11.5 Å². The normalized spacial score (nSPS) is 13.5. The van der Waals surface area contributed by atoms with Crippen molar-refractivity contribution in [1.29, 1.82) is 0 Å². The molecule has 0 spiro atoms. The molecule has 0 atom stereocenters. The van der Waals surface area contributed by atoms with Gasteiger partial charge in [0.25, 0.3) is 5.56 Å². The minimum atomic E-state index is -0.240. The third-order valence-corrected chi connectivity index (χ3v) is 5.58. The Morgan fingerprint density at radius 1 is 1.03 bits per heavy atom. The second kappa shape index (κ2) is 7.02. The molecule has 0 N–H and O–H groups in total. The summed E-state index contributed by atoms with van der Waals surface area (Å²) in [6.45, 7) is 5.29. The van der Waals surface area contributed by atoms with Crippen LogP contribution >= 0.6 is 0 Å². The lowest BCUT2D eigenvalue weighted by Crippen LogP contribution is -2.33. The van der Waals surface area contributed by atoms with E-state index in [4.69, 9.17) is 0 Å². The van der Waals surface area contributed by atoms with Gasteiger partial charge in [-0.15, -0.1) is 5.10 Å². The van der Waals surface area contributed by atoms with E-state index in [1.165, 1.54) is 28.9 Å². The summed E-state index contributed by atoms with van der Waals surface area (Å²) in [5.74, 6) is 0.530. The molecule has 0 saturated heterocycles. The highest BCUT2D eigenvalue weighted by Crippen LogP contribution is 2.29. The van der Waals surface area contributed by atoms with E-state index in [-0.39, 0.29) is 11.4 Å². The fourth-order valence-corrected chi connectivity index (χ4v) is 4.06. The molecule has 4 heterocycles. The van der Waals surface area contributed by atoms with E-state index in [0.717, 1.165) is 52.3 Å². The zero-order valence-electron chi connectivity index (χ0n) is 16.8. The zero-order valence-corrected chi connectivity index (χ0v) is 16.8. The summed E-state index contributed by atoms with van der Waals surface area (Å²) in [6, 6.07) is 10.2. The fourth-order valence-electron chi connectivity index (χ4n) is 4.06. The molecule has 4 aromatic rings. The highest BCUT2D eigenvalue weighted by atomic mass is 19.1. The number of hydrogen-bond donors (Lipinski definition) is 0. The second-order valence-corrected chi connectivity index (χ2v) is 7.66. The van der Waals surface area contributed by atoms with Gasteiger partial charge in [0.1, 0.15) is 5.82 Å². The van der Waals surface area contributed by atoms with E-state index < -0.39 is 0 Å². The van der Waals surface area contributed by atoms with Crippen LogP contribution in [-0.4, -0.2) is 26.1 Å². The summed E-state index contributed by atoms with van der Waals surface area (Å²) in [4.78, 5) is 23.2. The molecular formula is C23H20FN5O. The maximum Gasteiger partial charge on any atom is 0.274 e. The van der Waals surface area contributed by atoms with Crippen LogP contribution in [0.15, 0.2) is 53.6 Å². The van der Waals surface area contributed by atoms with E-state index in [0.29, 0.717) is 12.2 Å². The van der Waals surface area contributed by atoms with Crippen LogP contribution in [-0.2, 0) is 13.0 Å². The summed E-state index contributed by atoms with van der Waals surface area (Å²) >= 11 is 0. The van der Waals surface area contributed by atoms with Crippen LogP contribution in [0.4, 0.5) is 10.2 Å². The van der Waals surface area contributed by atoms with Crippen molar-refractivity contribution in [3.8, 4) is 11.1 Å². The van der Waals surface area contributed by atoms with Crippen LogP contribution in [0.25, 0.3) is 16.8 Å². The molecule has 1 aliphatic rings. The largest absolute Gasteiger partial charge is 0.350 e. The molecule has 0 radical (unpaired) electrons. The molecular weight excluding hydrogens is 381 g/mol. The zero-order chi connectivity index (χ0) is 20.8. The van der Waals surface area contributed by atoms with Gasteiger partial charge in [-0.1, -0.05) is 6.07 Å². The molecule has 0 saturated carbocycles. The first-order chi connectivity index (χ1) is 14.5. The molecule has 150 valence electrons. The van der Waals surface area contributed by atoms with E-state index in [2.05, 4.69) is 26.0 Å². The minimum Gasteiger partial charge on any atom is -0.350 e. The van der Waals surface area contributed by atoms with E-state index in [9.17, 15) is 9.18 Å². The Morgan fingerprint density at radius 2 is 1.90 bits per heavy atom. The van der Waals surface area contributed by atoms with Gasteiger partial charge in [-0.2, -0.15) is 4.52 Å². The standard InChI is InChI=1S/C23H20FN5O/c1-14-9-18(24)3-4-19(14)16-11-17-13-28(8-6-20(17)26-12-16)23-15(2)10-21-25-7-5-22(30)29(21)27-23/h3-5,7,9-12H,6,8,13H2,1-2H3. The molecule has 5 rings (SSSR count). The second-order valence-electron chi connectivity index (χ2n) is 7.66. The minimum absolute atomic E-state index is 0.200. The van der Waals surface area contributed by atoms with Gasteiger partial charge in [-0.05, 0) is 60.4 Å². The summed E-state index contributed by atoms with van der Waals surface area (Å²) in [7, 11) is 0. The van der Waals surface area contributed by atoms with Gasteiger partial charge in [0.15, 0.2) is 11.5 Å². The number of benzene rings is 1. The topological polar surface area (TPSA) is 63.4 Å². The molecule has 0 amide bonds. The molecule has 0 unspecified atom stereocenters. The van der Waals surface area contributed by atoms with Gasteiger partial charge < -0.3 is 4.90 Å². The van der Waals surface area contributed by atoms with Crippen LogP contribution < -0.4 is 10.5 Å². The van der Waals surface area contributed by atoms with Crippen LogP contribution in [0.1, 0.15) is 22.4 Å². The Morgan fingerprint density at radius 3 is 2.73 bits per heavy atom. The van der Waals surface area contributed by atoms with Crippen molar-refractivity contribution in [3.63, 3.8) is 0 Å². The van der Waals surface area contributed by atoms with Gasteiger partial charge in [-0.25, -0.2) is 9.37 Å². The van der Waals surface area contributed by atoms with Crippen LogP contribution in [0.3, 0.4) is 0 Å². The van der Waals surface area contributed by atoms with E-state index in [1.807, 2.05) is 26.1 Å². The number of pyridine rings is 1. The summed E-state index contributed by atoms with van der Waals surface area (Å²) in [5, 5.41) is 4.58. The predicted octanol–water partition coefficient (Wildman–Crippen LogP) is 3.47. The third-order valence-electron chi connectivity index (χ3n) is 5.58. The SMILES string of the molecule is Cc1cc(F)ccc1-c1cnc2c(c1)CN(c1nn3c(=O)ccnc3cc1C)CC2. The number of hydrogen-bond acceptors (Lipinski definition) is 5. The molecule has 30 heavy (non-hydrogen) atoms. The molecule has 3 aromatic heterocycles. The van der Waals surface area contributed by atoms with Crippen molar-refractivity contribution in [3.05, 3.63) is 87.3 Å². The van der Waals surface area contributed by atoms with Gasteiger partial charge in [0.05, 0.1) is 0 Å². The number of nitrogens with zero attached hydrogens (tertiary/aromatic N) is 5.